The van der Waals surface area contributed by atoms with Crippen molar-refractivity contribution >= 4 is 26.4 Å². The van der Waals surface area contributed by atoms with Crippen molar-refractivity contribution in [3.63, 3.8) is 0 Å². The summed E-state index contributed by atoms with van der Waals surface area (Å²) in [5.74, 6) is 0.672. The Kier molecular flexibility index (Phi) is 5.11. The van der Waals surface area contributed by atoms with E-state index >= 15 is 0 Å². The molecule has 1 saturated heterocycles. The first kappa shape index (κ1) is 18.9. The Labute approximate surface area is 167 Å². The van der Waals surface area contributed by atoms with Gasteiger partial charge in [-0.25, -0.2) is 8.42 Å². The molecular weight excluding hydrogens is 368 g/mol. The molecule has 1 aromatic heterocycles. The molecule has 146 valence electrons. The molecule has 1 aliphatic heterocycles. The highest BCUT2D eigenvalue weighted by atomic mass is 32.2. The van der Waals surface area contributed by atoms with Crippen LogP contribution in [0, 0.1) is 5.92 Å². The number of aryl methyl sites for hydroxylation is 1. The van der Waals surface area contributed by atoms with Crippen molar-refractivity contribution in [2.75, 3.05) is 18.0 Å². The summed E-state index contributed by atoms with van der Waals surface area (Å²) in [5.41, 5.74) is 2.76. The summed E-state index contributed by atoms with van der Waals surface area (Å²) in [4.78, 5) is 7.34. The Morgan fingerprint density at radius 1 is 1.04 bits per heavy atom. The summed E-state index contributed by atoms with van der Waals surface area (Å²) in [5, 5.41) is 0.906. The van der Waals surface area contributed by atoms with Crippen molar-refractivity contribution in [1.82, 2.24) is 4.98 Å². The minimum absolute atomic E-state index is 0.310. The molecule has 28 heavy (non-hydrogen) atoms. The standard InChI is InChI=1S/C23H26N2O2S/c1-3-18-8-10-19(11-9-18)28(26,27)22-16-24-21-7-5-4-6-20(21)23(22)25-14-12-17(2)13-15-25/h4-11,16-17H,3,12-15H2,1-2H3. The van der Waals surface area contributed by atoms with Crippen molar-refractivity contribution in [3.8, 4) is 0 Å². The molecule has 0 unspecified atom stereocenters. The summed E-state index contributed by atoms with van der Waals surface area (Å²) in [7, 11) is -3.65. The van der Waals surface area contributed by atoms with E-state index in [4.69, 9.17) is 0 Å². The van der Waals surface area contributed by atoms with Crippen LogP contribution >= 0.6 is 0 Å². The Morgan fingerprint density at radius 2 is 1.71 bits per heavy atom. The van der Waals surface area contributed by atoms with Crippen LogP contribution in [0.5, 0.6) is 0 Å². The summed E-state index contributed by atoms with van der Waals surface area (Å²) < 4.78 is 27.1. The highest BCUT2D eigenvalue weighted by Gasteiger charge is 2.28. The van der Waals surface area contributed by atoms with E-state index in [0.717, 1.165) is 54.5 Å². The topological polar surface area (TPSA) is 50.3 Å². The smallest absolute Gasteiger partial charge is 0.210 e. The Balaban J connectivity index is 1.89. The number of nitrogens with zero attached hydrogens (tertiary/aromatic N) is 2. The van der Waals surface area contributed by atoms with Crippen molar-refractivity contribution in [1.29, 1.82) is 0 Å². The number of para-hydroxylation sites is 1. The molecule has 5 heteroatoms. The van der Waals surface area contributed by atoms with Crippen molar-refractivity contribution in [2.45, 2.75) is 42.9 Å². The molecule has 0 radical (unpaired) electrons. The third kappa shape index (κ3) is 3.39. The zero-order valence-electron chi connectivity index (χ0n) is 16.4. The van der Waals surface area contributed by atoms with Crippen LogP contribution in [0.1, 0.15) is 32.3 Å². The van der Waals surface area contributed by atoms with Gasteiger partial charge in [0.15, 0.2) is 0 Å². The molecule has 1 fully saturated rings. The van der Waals surface area contributed by atoms with Crippen LogP contribution in [-0.2, 0) is 16.3 Å². The third-order valence-corrected chi connectivity index (χ3v) is 7.52. The van der Waals surface area contributed by atoms with Gasteiger partial charge in [0, 0.05) is 24.7 Å². The zero-order valence-corrected chi connectivity index (χ0v) is 17.2. The average molecular weight is 395 g/mol. The fourth-order valence-electron chi connectivity index (χ4n) is 3.89. The second kappa shape index (κ2) is 7.55. The van der Waals surface area contributed by atoms with Crippen molar-refractivity contribution in [3.05, 3.63) is 60.3 Å². The average Bonchev–Trinajstić information content (AvgIpc) is 2.73. The summed E-state index contributed by atoms with van der Waals surface area (Å²) in [6.07, 6.45) is 4.57. The lowest BCUT2D eigenvalue weighted by molar-refractivity contribution is 0.437. The van der Waals surface area contributed by atoms with Gasteiger partial charge in [-0.2, -0.15) is 0 Å². The van der Waals surface area contributed by atoms with E-state index in [1.54, 1.807) is 18.3 Å². The first-order chi connectivity index (χ1) is 13.5. The maximum absolute atomic E-state index is 13.5. The highest BCUT2D eigenvalue weighted by molar-refractivity contribution is 7.91. The van der Waals surface area contributed by atoms with Crippen LogP contribution in [-0.4, -0.2) is 26.5 Å². The first-order valence-electron chi connectivity index (χ1n) is 9.97. The van der Waals surface area contributed by atoms with Crippen LogP contribution in [0.25, 0.3) is 10.9 Å². The third-order valence-electron chi connectivity index (χ3n) is 5.74. The van der Waals surface area contributed by atoms with E-state index in [2.05, 4.69) is 23.7 Å². The summed E-state index contributed by atoms with van der Waals surface area (Å²) in [6, 6.07) is 15.0. The van der Waals surface area contributed by atoms with E-state index in [1.807, 2.05) is 36.4 Å². The maximum atomic E-state index is 13.5. The summed E-state index contributed by atoms with van der Waals surface area (Å²) in [6.45, 7) is 6.06. The van der Waals surface area contributed by atoms with Crippen LogP contribution in [0.2, 0.25) is 0 Å². The molecule has 4 rings (SSSR count). The van der Waals surface area contributed by atoms with Crippen LogP contribution in [0.3, 0.4) is 0 Å². The van der Waals surface area contributed by atoms with Crippen LogP contribution < -0.4 is 4.90 Å². The molecule has 2 aromatic carbocycles. The number of pyridine rings is 1. The molecule has 0 bridgehead atoms. The SMILES string of the molecule is CCc1ccc(S(=O)(=O)c2cnc3ccccc3c2N2CCC(C)CC2)cc1. The van der Waals surface area contributed by atoms with E-state index < -0.39 is 9.84 Å². The van der Waals surface area contributed by atoms with Gasteiger partial charge in [-0.15, -0.1) is 0 Å². The molecule has 1 aliphatic rings. The quantitative estimate of drug-likeness (QED) is 0.634. The Hall–Kier alpha value is -2.40. The summed E-state index contributed by atoms with van der Waals surface area (Å²) >= 11 is 0. The number of hydrogen-bond donors (Lipinski definition) is 0. The second-order valence-electron chi connectivity index (χ2n) is 7.66. The van der Waals surface area contributed by atoms with Gasteiger partial charge in [0.2, 0.25) is 9.84 Å². The number of aromatic nitrogens is 1. The monoisotopic (exact) mass is 394 g/mol. The molecule has 4 nitrogen and oxygen atoms in total. The van der Waals surface area contributed by atoms with Crippen molar-refractivity contribution in [2.24, 2.45) is 5.92 Å². The van der Waals surface area contributed by atoms with E-state index in [9.17, 15) is 8.42 Å². The number of hydrogen-bond acceptors (Lipinski definition) is 4. The predicted octanol–water partition coefficient (Wildman–Crippen LogP) is 4.87. The van der Waals surface area contributed by atoms with E-state index in [-0.39, 0.29) is 0 Å². The minimum Gasteiger partial charge on any atom is -0.370 e. The molecule has 3 aromatic rings. The fraction of sp³-hybridized carbons (Fsp3) is 0.348. The number of piperidine rings is 1. The van der Waals surface area contributed by atoms with Crippen molar-refractivity contribution < 1.29 is 8.42 Å². The fourth-order valence-corrected chi connectivity index (χ4v) is 5.33. The number of benzene rings is 2. The molecule has 0 aliphatic carbocycles. The van der Waals surface area contributed by atoms with E-state index in [0.29, 0.717) is 15.7 Å². The van der Waals surface area contributed by atoms with Gasteiger partial charge in [-0.1, -0.05) is 44.2 Å². The molecular formula is C23H26N2O2S. The zero-order chi connectivity index (χ0) is 19.7. The predicted molar refractivity (Wildman–Crippen MR) is 114 cm³/mol. The molecule has 0 atom stereocenters. The largest absolute Gasteiger partial charge is 0.370 e. The number of sulfone groups is 1. The van der Waals surface area contributed by atoms with Gasteiger partial charge < -0.3 is 4.90 Å². The van der Waals surface area contributed by atoms with Crippen LogP contribution in [0.4, 0.5) is 5.69 Å². The van der Waals surface area contributed by atoms with E-state index in [1.165, 1.54) is 0 Å². The molecule has 2 heterocycles. The second-order valence-corrected chi connectivity index (χ2v) is 9.58. The lowest BCUT2D eigenvalue weighted by atomic mass is 9.98. The molecule has 0 saturated carbocycles. The normalized spacial score (nSPS) is 15.9. The highest BCUT2D eigenvalue weighted by Crippen LogP contribution is 2.37. The van der Waals surface area contributed by atoms with Gasteiger partial charge >= 0.3 is 0 Å². The van der Waals surface area contributed by atoms with Gasteiger partial charge in [0.05, 0.1) is 16.1 Å². The number of rotatable bonds is 4. The van der Waals surface area contributed by atoms with Gasteiger partial charge in [-0.05, 0) is 48.9 Å². The number of anilines is 1. The van der Waals surface area contributed by atoms with Gasteiger partial charge in [0.25, 0.3) is 0 Å². The molecule has 0 spiro atoms. The van der Waals surface area contributed by atoms with Crippen LogP contribution in [0.15, 0.2) is 64.5 Å². The van der Waals surface area contributed by atoms with Gasteiger partial charge in [0.1, 0.15) is 4.90 Å². The molecule has 0 amide bonds. The maximum Gasteiger partial charge on any atom is 0.210 e. The molecule has 0 N–H and O–H groups in total. The Bertz CT molecular complexity index is 1080. The number of fused-ring (bicyclic) bond motifs is 1. The minimum atomic E-state index is -3.65. The van der Waals surface area contributed by atoms with Gasteiger partial charge in [-0.3, -0.25) is 4.98 Å². The Morgan fingerprint density at radius 3 is 2.39 bits per heavy atom. The first-order valence-corrected chi connectivity index (χ1v) is 11.5. The lowest BCUT2D eigenvalue weighted by Gasteiger charge is -2.34. The lowest BCUT2D eigenvalue weighted by Crippen LogP contribution is -2.34.